The Morgan fingerprint density at radius 3 is 2.72 bits per heavy atom. The molecular formula is C10H7F2N3O3. The molecule has 1 aromatic carbocycles. The van der Waals surface area contributed by atoms with Crippen molar-refractivity contribution in [3.63, 3.8) is 0 Å². The van der Waals surface area contributed by atoms with E-state index in [1.165, 1.54) is 18.2 Å². The molecule has 2 N–H and O–H groups in total. The first kappa shape index (κ1) is 12.0. The van der Waals surface area contributed by atoms with Crippen LogP contribution in [0.4, 0.5) is 19.3 Å². The predicted molar refractivity (Wildman–Crippen MR) is 59.0 cm³/mol. The van der Waals surface area contributed by atoms with Crippen molar-refractivity contribution in [1.82, 2.24) is 4.57 Å². The summed E-state index contributed by atoms with van der Waals surface area (Å²) in [4.78, 5) is 21.7. The van der Waals surface area contributed by atoms with Crippen LogP contribution in [-0.2, 0) is 0 Å². The van der Waals surface area contributed by atoms with Crippen LogP contribution >= 0.6 is 0 Å². The zero-order valence-corrected chi connectivity index (χ0v) is 8.84. The third-order valence-electron chi connectivity index (χ3n) is 2.32. The van der Waals surface area contributed by atoms with Crippen molar-refractivity contribution in [3.8, 4) is 5.75 Å². The number of amides is 1. The first-order chi connectivity index (χ1) is 8.52. The molecule has 0 aliphatic carbocycles. The molecule has 18 heavy (non-hydrogen) atoms. The van der Waals surface area contributed by atoms with Gasteiger partial charge in [-0.25, -0.2) is 4.79 Å². The van der Waals surface area contributed by atoms with E-state index in [1.807, 2.05) is 0 Å². The van der Waals surface area contributed by atoms with E-state index in [9.17, 15) is 18.5 Å². The van der Waals surface area contributed by atoms with Crippen molar-refractivity contribution in [3.05, 3.63) is 29.3 Å². The second kappa shape index (κ2) is 4.40. The highest BCUT2D eigenvalue weighted by Crippen LogP contribution is 2.31. The fourth-order valence-electron chi connectivity index (χ4n) is 1.62. The minimum atomic E-state index is -2.98. The van der Waals surface area contributed by atoms with Gasteiger partial charge in [0.15, 0.2) is 0 Å². The maximum Gasteiger partial charge on any atom is 0.387 e. The summed E-state index contributed by atoms with van der Waals surface area (Å²) in [6.07, 6.45) is 1.13. The standard InChI is InChI=1S/C10H7F2N3O3/c11-9(12)18-5-1-2-6-7(14-17)4-15(10(13)16)8(6)3-5/h1-4,9H,(H2,13,16). The first-order valence-corrected chi connectivity index (χ1v) is 4.76. The average molecular weight is 255 g/mol. The molecule has 1 amide bonds. The molecule has 6 nitrogen and oxygen atoms in total. The third-order valence-corrected chi connectivity index (χ3v) is 2.32. The van der Waals surface area contributed by atoms with Crippen LogP contribution in [0.1, 0.15) is 0 Å². The minimum absolute atomic E-state index is 0.00704. The summed E-state index contributed by atoms with van der Waals surface area (Å²) in [5, 5.41) is 3.05. The van der Waals surface area contributed by atoms with E-state index in [4.69, 9.17) is 5.73 Å². The number of benzene rings is 1. The van der Waals surface area contributed by atoms with Gasteiger partial charge in [-0.05, 0) is 17.3 Å². The highest BCUT2D eigenvalue weighted by Gasteiger charge is 2.14. The second-order valence-electron chi connectivity index (χ2n) is 3.37. The van der Waals surface area contributed by atoms with Crippen molar-refractivity contribution in [2.24, 2.45) is 10.9 Å². The molecule has 2 rings (SSSR count). The topological polar surface area (TPSA) is 86.7 Å². The van der Waals surface area contributed by atoms with Crippen LogP contribution < -0.4 is 10.5 Å². The largest absolute Gasteiger partial charge is 0.435 e. The van der Waals surface area contributed by atoms with Crippen LogP contribution in [0.2, 0.25) is 0 Å². The predicted octanol–water partition coefficient (Wildman–Crippen LogP) is 2.57. The van der Waals surface area contributed by atoms with Crippen molar-refractivity contribution in [2.45, 2.75) is 6.61 Å². The Labute approximate surface area is 98.9 Å². The highest BCUT2D eigenvalue weighted by molar-refractivity contribution is 5.98. The van der Waals surface area contributed by atoms with Gasteiger partial charge in [-0.3, -0.25) is 4.57 Å². The van der Waals surface area contributed by atoms with E-state index >= 15 is 0 Å². The number of halogens is 2. The summed E-state index contributed by atoms with van der Waals surface area (Å²) in [6, 6.07) is 2.92. The van der Waals surface area contributed by atoms with Gasteiger partial charge in [-0.1, -0.05) is 0 Å². The van der Waals surface area contributed by atoms with E-state index in [0.717, 1.165) is 10.8 Å². The van der Waals surface area contributed by atoms with E-state index in [0.29, 0.717) is 5.39 Å². The lowest BCUT2D eigenvalue weighted by atomic mass is 10.2. The maximum absolute atomic E-state index is 12.1. The summed E-state index contributed by atoms with van der Waals surface area (Å²) in [7, 11) is 0. The lowest BCUT2D eigenvalue weighted by Crippen LogP contribution is -2.18. The lowest BCUT2D eigenvalue weighted by molar-refractivity contribution is -0.0497. The molecule has 0 spiro atoms. The smallest absolute Gasteiger partial charge is 0.387 e. The number of hydrogen-bond acceptors (Lipinski definition) is 4. The molecule has 0 unspecified atom stereocenters. The molecule has 0 aliphatic heterocycles. The first-order valence-electron chi connectivity index (χ1n) is 4.76. The fraction of sp³-hybridized carbons (Fsp3) is 0.100. The highest BCUT2D eigenvalue weighted by atomic mass is 19.3. The summed E-state index contributed by atoms with van der Waals surface area (Å²) >= 11 is 0. The molecule has 0 atom stereocenters. The number of hydrogen-bond donors (Lipinski definition) is 1. The van der Waals surface area contributed by atoms with Crippen LogP contribution in [0.5, 0.6) is 5.75 Å². The minimum Gasteiger partial charge on any atom is -0.435 e. The fourth-order valence-corrected chi connectivity index (χ4v) is 1.62. The Bertz CT molecular complexity index is 624. The van der Waals surface area contributed by atoms with Gasteiger partial charge in [0, 0.05) is 17.6 Å². The van der Waals surface area contributed by atoms with Crippen molar-refractivity contribution >= 4 is 22.6 Å². The van der Waals surface area contributed by atoms with Gasteiger partial charge >= 0.3 is 12.6 Å². The van der Waals surface area contributed by atoms with Gasteiger partial charge in [-0.15, -0.1) is 4.91 Å². The van der Waals surface area contributed by atoms with Crippen LogP contribution in [0.3, 0.4) is 0 Å². The number of alkyl halides is 2. The van der Waals surface area contributed by atoms with Gasteiger partial charge in [0.2, 0.25) is 0 Å². The molecule has 0 saturated heterocycles. The van der Waals surface area contributed by atoms with Crippen molar-refractivity contribution in [1.29, 1.82) is 0 Å². The molecular weight excluding hydrogens is 248 g/mol. The molecule has 94 valence electrons. The van der Waals surface area contributed by atoms with E-state index in [1.54, 1.807) is 0 Å². The van der Waals surface area contributed by atoms with Gasteiger partial charge in [0.25, 0.3) is 0 Å². The summed E-state index contributed by atoms with van der Waals surface area (Å²) < 4.78 is 29.3. The zero-order valence-electron chi connectivity index (χ0n) is 8.84. The number of ether oxygens (including phenoxy) is 1. The summed E-state index contributed by atoms with van der Waals surface area (Å²) in [5.41, 5.74) is 5.26. The van der Waals surface area contributed by atoms with Gasteiger partial charge in [0.05, 0.1) is 5.52 Å². The van der Waals surface area contributed by atoms with Crippen molar-refractivity contribution < 1.29 is 18.3 Å². The SMILES string of the molecule is NC(=O)n1cc(N=O)c2ccc(OC(F)F)cc21. The average Bonchev–Trinajstić information content (AvgIpc) is 2.66. The molecule has 8 heteroatoms. The van der Waals surface area contributed by atoms with Crippen molar-refractivity contribution in [2.75, 3.05) is 0 Å². The molecule has 1 heterocycles. The number of carbonyl (C=O) groups is 1. The quantitative estimate of drug-likeness (QED) is 0.855. The lowest BCUT2D eigenvalue weighted by Gasteiger charge is -2.05. The maximum atomic E-state index is 12.1. The molecule has 1 aromatic heterocycles. The monoisotopic (exact) mass is 255 g/mol. The number of nitroso groups, excluding NO2 is 1. The summed E-state index contributed by atoms with van der Waals surface area (Å²) in [5.74, 6) is -0.143. The van der Waals surface area contributed by atoms with Gasteiger partial charge in [0.1, 0.15) is 11.4 Å². The van der Waals surface area contributed by atoms with Gasteiger partial charge in [-0.2, -0.15) is 8.78 Å². The van der Waals surface area contributed by atoms with Crippen LogP contribution in [0.15, 0.2) is 29.6 Å². The molecule has 0 bridgehead atoms. The number of fused-ring (bicyclic) bond motifs is 1. The number of aromatic nitrogens is 1. The Balaban J connectivity index is 2.63. The summed E-state index contributed by atoms with van der Waals surface area (Å²) in [6.45, 7) is -2.98. The number of primary amides is 1. The Hall–Kier alpha value is -2.51. The number of rotatable bonds is 3. The number of nitrogens with two attached hydrogens (primary N) is 1. The van der Waals surface area contributed by atoms with Crippen LogP contribution in [-0.4, -0.2) is 17.2 Å². The molecule has 0 fully saturated rings. The van der Waals surface area contributed by atoms with Crippen LogP contribution in [0.25, 0.3) is 10.9 Å². The van der Waals surface area contributed by atoms with E-state index < -0.39 is 12.6 Å². The van der Waals surface area contributed by atoms with Gasteiger partial charge < -0.3 is 10.5 Å². The number of nitrogens with zero attached hydrogens (tertiary/aromatic N) is 2. The second-order valence-corrected chi connectivity index (χ2v) is 3.37. The van der Waals surface area contributed by atoms with E-state index in [2.05, 4.69) is 9.91 Å². The number of carbonyl (C=O) groups excluding carboxylic acids is 1. The zero-order chi connectivity index (χ0) is 13.3. The third kappa shape index (κ3) is 1.99. The molecule has 0 radical (unpaired) electrons. The van der Waals surface area contributed by atoms with E-state index in [-0.39, 0.29) is 17.0 Å². The Morgan fingerprint density at radius 2 is 2.17 bits per heavy atom. The Kier molecular flexibility index (Phi) is 2.92. The molecule has 0 saturated carbocycles. The Morgan fingerprint density at radius 1 is 1.44 bits per heavy atom. The normalized spacial score (nSPS) is 10.8. The van der Waals surface area contributed by atoms with Crippen LogP contribution in [0, 0.1) is 4.91 Å². The molecule has 2 aromatic rings. The molecule has 0 aliphatic rings.